The lowest BCUT2D eigenvalue weighted by molar-refractivity contribution is -0.129. The molecule has 0 N–H and O–H groups in total. The number of rotatable bonds is 6. The zero-order valence-corrected chi connectivity index (χ0v) is 17.4. The standard InChI is InChI=1S/C18H24N4O3S2/c1-4-22(14-9-10-27(24,25)12-14)16(23)11-26-18-20-19-17(21(18)3)15-8-6-5-7-13(15)2/h5-8,14H,4,9-12H2,1-3H3/t14-/m0/s1. The van der Waals surface area contributed by atoms with Gasteiger partial charge in [-0.2, -0.15) is 0 Å². The highest BCUT2D eigenvalue weighted by atomic mass is 32.2. The summed E-state index contributed by atoms with van der Waals surface area (Å²) in [5.74, 6) is 1.14. The first-order valence-corrected chi connectivity index (χ1v) is 11.7. The first-order valence-electron chi connectivity index (χ1n) is 8.90. The molecule has 27 heavy (non-hydrogen) atoms. The Labute approximate surface area is 164 Å². The normalized spacial score (nSPS) is 18.6. The van der Waals surface area contributed by atoms with Gasteiger partial charge in [-0.05, 0) is 25.8 Å². The van der Waals surface area contributed by atoms with Gasteiger partial charge in [-0.3, -0.25) is 4.79 Å². The van der Waals surface area contributed by atoms with Crippen molar-refractivity contribution in [1.29, 1.82) is 0 Å². The first kappa shape index (κ1) is 19.9. The van der Waals surface area contributed by atoms with Crippen LogP contribution in [-0.2, 0) is 21.7 Å². The average molecular weight is 409 g/mol. The Morgan fingerprint density at radius 2 is 2.07 bits per heavy atom. The molecule has 0 saturated carbocycles. The summed E-state index contributed by atoms with van der Waals surface area (Å²) < 4.78 is 25.3. The molecule has 1 saturated heterocycles. The highest BCUT2D eigenvalue weighted by molar-refractivity contribution is 7.99. The summed E-state index contributed by atoms with van der Waals surface area (Å²) in [5.41, 5.74) is 2.12. The van der Waals surface area contributed by atoms with Gasteiger partial charge in [0.05, 0.1) is 17.3 Å². The molecule has 1 aromatic heterocycles. The maximum atomic E-state index is 12.6. The van der Waals surface area contributed by atoms with Crippen LogP contribution in [0.25, 0.3) is 11.4 Å². The van der Waals surface area contributed by atoms with Gasteiger partial charge in [0.25, 0.3) is 0 Å². The van der Waals surface area contributed by atoms with Crippen molar-refractivity contribution >= 4 is 27.5 Å². The molecule has 2 heterocycles. The van der Waals surface area contributed by atoms with Gasteiger partial charge in [0.2, 0.25) is 5.91 Å². The molecule has 2 aromatic rings. The summed E-state index contributed by atoms with van der Waals surface area (Å²) in [5, 5.41) is 9.16. The summed E-state index contributed by atoms with van der Waals surface area (Å²) in [6.07, 6.45) is 0.522. The third-order valence-electron chi connectivity index (χ3n) is 4.86. The van der Waals surface area contributed by atoms with E-state index in [4.69, 9.17) is 0 Å². The Kier molecular flexibility index (Phi) is 5.90. The number of carbonyl (C=O) groups is 1. The number of aromatic nitrogens is 3. The van der Waals surface area contributed by atoms with E-state index in [0.29, 0.717) is 18.1 Å². The van der Waals surface area contributed by atoms with Crippen molar-refractivity contribution in [1.82, 2.24) is 19.7 Å². The fourth-order valence-electron chi connectivity index (χ4n) is 3.37. The molecule has 1 aliphatic heterocycles. The minimum absolute atomic E-state index is 0.0648. The van der Waals surface area contributed by atoms with Crippen LogP contribution < -0.4 is 0 Å². The van der Waals surface area contributed by atoms with E-state index in [-0.39, 0.29) is 29.2 Å². The van der Waals surface area contributed by atoms with E-state index in [1.165, 1.54) is 11.8 Å². The number of hydrogen-bond acceptors (Lipinski definition) is 6. The first-order chi connectivity index (χ1) is 12.8. The van der Waals surface area contributed by atoms with Crippen molar-refractivity contribution in [3.8, 4) is 11.4 Å². The quantitative estimate of drug-likeness (QED) is 0.679. The average Bonchev–Trinajstić information content (AvgIpc) is 3.16. The van der Waals surface area contributed by atoms with Gasteiger partial charge in [-0.25, -0.2) is 8.42 Å². The van der Waals surface area contributed by atoms with Crippen LogP contribution in [0.1, 0.15) is 18.9 Å². The summed E-state index contributed by atoms with van der Waals surface area (Å²) in [4.78, 5) is 14.3. The van der Waals surface area contributed by atoms with Crippen molar-refractivity contribution in [2.45, 2.75) is 31.5 Å². The second-order valence-corrected chi connectivity index (χ2v) is 9.88. The number of benzene rings is 1. The van der Waals surface area contributed by atoms with E-state index in [2.05, 4.69) is 10.2 Å². The number of carbonyl (C=O) groups excluding carboxylic acids is 1. The molecule has 0 aliphatic carbocycles. The van der Waals surface area contributed by atoms with Crippen molar-refractivity contribution in [3.63, 3.8) is 0 Å². The van der Waals surface area contributed by atoms with Gasteiger partial charge in [0, 0.05) is 25.2 Å². The third kappa shape index (κ3) is 4.35. The Hall–Kier alpha value is -1.87. The molecule has 0 spiro atoms. The topological polar surface area (TPSA) is 85.2 Å². The molecular weight excluding hydrogens is 384 g/mol. The van der Waals surface area contributed by atoms with Crippen LogP contribution in [-0.4, -0.2) is 63.8 Å². The van der Waals surface area contributed by atoms with E-state index in [1.54, 1.807) is 4.90 Å². The minimum Gasteiger partial charge on any atom is -0.338 e. The lowest BCUT2D eigenvalue weighted by Gasteiger charge is -2.26. The minimum atomic E-state index is -3.02. The fourth-order valence-corrected chi connectivity index (χ4v) is 5.90. The van der Waals surface area contributed by atoms with Gasteiger partial charge in [-0.1, -0.05) is 36.0 Å². The van der Waals surface area contributed by atoms with Crippen molar-refractivity contribution in [2.24, 2.45) is 7.05 Å². The predicted octanol–water partition coefficient (Wildman–Crippen LogP) is 1.92. The maximum absolute atomic E-state index is 12.6. The van der Waals surface area contributed by atoms with Crippen LogP contribution in [0, 0.1) is 6.92 Å². The Balaban J connectivity index is 1.68. The van der Waals surface area contributed by atoms with E-state index < -0.39 is 9.84 Å². The molecule has 0 bridgehead atoms. The van der Waals surface area contributed by atoms with E-state index in [0.717, 1.165) is 17.0 Å². The van der Waals surface area contributed by atoms with Crippen LogP contribution >= 0.6 is 11.8 Å². The molecule has 7 nitrogen and oxygen atoms in total. The third-order valence-corrected chi connectivity index (χ3v) is 7.61. The fraction of sp³-hybridized carbons (Fsp3) is 0.500. The molecule has 1 fully saturated rings. The SMILES string of the molecule is CCN(C(=O)CSc1nnc(-c2ccccc2C)n1C)[C@H]1CCS(=O)(=O)C1. The lowest BCUT2D eigenvalue weighted by Crippen LogP contribution is -2.42. The summed E-state index contributed by atoms with van der Waals surface area (Å²) in [7, 11) is -1.13. The van der Waals surface area contributed by atoms with Gasteiger partial charge in [0.1, 0.15) is 0 Å². The van der Waals surface area contributed by atoms with Crippen LogP contribution in [0.5, 0.6) is 0 Å². The van der Waals surface area contributed by atoms with Crippen molar-refractivity contribution < 1.29 is 13.2 Å². The number of nitrogens with zero attached hydrogens (tertiary/aromatic N) is 4. The van der Waals surface area contributed by atoms with E-state index >= 15 is 0 Å². The number of aryl methyl sites for hydroxylation is 1. The van der Waals surface area contributed by atoms with Gasteiger partial charge in [0.15, 0.2) is 20.8 Å². The predicted molar refractivity (Wildman–Crippen MR) is 106 cm³/mol. The van der Waals surface area contributed by atoms with Gasteiger partial charge >= 0.3 is 0 Å². The van der Waals surface area contributed by atoms with Crippen LogP contribution in [0.2, 0.25) is 0 Å². The molecule has 1 atom stereocenters. The summed E-state index contributed by atoms with van der Waals surface area (Å²) >= 11 is 1.33. The van der Waals surface area contributed by atoms with Crippen LogP contribution in [0.4, 0.5) is 0 Å². The van der Waals surface area contributed by atoms with Gasteiger partial charge in [-0.15, -0.1) is 10.2 Å². The zero-order chi connectivity index (χ0) is 19.6. The maximum Gasteiger partial charge on any atom is 0.233 e. The molecule has 9 heteroatoms. The number of sulfone groups is 1. The van der Waals surface area contributed by atoms with E-state index in [9.17, 15) is 13.2 Å². The lowest BCUT2D eigenvalue weighted by atomic mass is 10.1. The molecule has 146 valence electrons. The molecule has 1 amide bonds. The molecule has 1 aromatic carbocycles. The molecule has 3 rings (SSSR count). The second-order valence-electron chi connectivity index (χ2n) is 6.71. The molecule has 0 unspecified atom stereocenters. The van der Waals surface area contributed by atoms with Crippen LogP contribution in [0.15, 0.2) is 29.4 Å². The monoisotopic (exact) mass is 408 g/mol. The molecule has 1 aliphatic rings. The summed E-state index contributed by atoms with van der Waals surface area (Å²) in [6.45, 7) is 4.41. The van der Waals surface area contributed by atoms with Crippen molar-refractivity contribution in [2.75, 3.05) is 23.8 Å². The Morgan fingerprint density at radius 1 is 1.33 bits per heavy atom. The Morgan fingerprint density at radius 3 is 2.70 bits per heavy atom. The number of hydrogen-bond donors (Lipinski definition) is 0. The highest BCUT2D eigenvalue weighted by Crippen LogP contribution is 2.26. The molecular formula is C18H24N4O3S2. The van der Waals surface area contributed by atoms with Crippen molar-refractivity contribution in [3.05, 3.63) is 29.8 Å². The van der Waals surface area contributed by atoms with E-state index in [1.807, 2.05) is 49.7 Å². The highest BCUT2D eigenvalue weighted by Gasteiger charge is 2.33. The second kappa shape index (κ2) is 8.02. The smallest absolute Gasteiger partial charge is 0.233 e. The number of thioether (sulfide) groups is 1. The summed E-state index contributed by atoms with van der Waals surface area (Å²) in [6, 6.07) is 7.75. The zero-order valence-electron chi connectivity index (χ0n) is 15.8. The largest absolute Gasteiger partial charge is 0.338 e. The molecule has 0 radical (unpaired) electrons. The van der Waals surface area contributed by atoms with Crippen LogP contribution in [0.3, 0.4) is 0 Å². The Bertz CT molecular complexity index is 940. The number of amides is 1. The van der Waals surface area contributed by atoms with Gasteiger partial charge < -0.3 is 9.47 Å².